The van der Waals surface area contributed by atoms with Gasteiger partial charge < -0.3 is 9.47 Å². The molecule has 1 fully saturated rings. The summed E-state index contributed by atoms with van der Waals surface area (Å²) in [6.45, 7) is 5.09. The summed E-state index contributed by atoms with van der Waals surface area (Å²) in [5.41, 5.74) is 0.558. The molecule has 0 bridgehead atoms. The summed E-state index contributed by atoms with van der Waals surface area (Å²) in [5.74, 6) is -0.772. The molecule has 1 aromatic carbocycles. The molecule has 1 aromatic rings. The first kappa shape index (κ1) is 15.3. The van der Waals surface area contributed by atoms with Gasteiger partial charge in [0.1, 0.15) is 17.4 Å². The van der Waals surface area contributed by atoms with Gasteiger partial charge in [0.15, 0.2) is 0 Å². The van der Waals surface area contributed by atoms with Crippen LogP contribution in [0.4, 0.5) is 0 Å². The molecule has 0 N–H and O–H groups in total. The maximum Gasteiger partial charge on any atom is 0.342 e. The zero-order valence-corrected chi connectivity index (χ0v) is 12.3. The Bertz CT molecular complexity index is 541. The van der Waals surface area contributed by atoms with Crippen molar-refractivity contribution < 1.29 is 19.1 Å². The van der Waals surface area contributed by atoms with Crippen LogP contribution in [0.1, 0.15) is 49.4 Å². The van der Waals surface area contributed by atoms with Gasteiger partial charge in [-0.25, -0.2) is 9.59 Å². The predicted octanol–water partition coefficient (Wildman–Crippen LogP) is 3.66. The van der Waals surface area contributed by atoms with Crippen LogP contribution in [0.15, 0.2) is 36.4 Å². The normalized spacial score (nSPS) is 15.3. The summed E-state index contributed by atoms with van der Waals surface area (Å²) in [5, 5.41) is 0. The number of hydrogen-bond donors (Lipinski definition) is 0. The summed E-state index contributed by atoms with van der Waals surface area (Å²) < 4.78 is 10.7. The van der Waals surface area contributed by atoms with Gasteiger partial charge in [0.2, 0.25) is 0 Å². The zero-order valence-electron chi connectivity index (χ0n) is 12.3. The molecular weight excluding hydrogens is 268 g/mol. The second kappa shape index (κ2) is 7.07. The lowest BCUT2D eigenvalue weighted by molar-refractivity contribution is -0.130. The van der Waals surface area contributed by atoms with Crippen molar-refractivity contribution in [2.24, 2.45) is 0 Å². The minimum Gasteiger partial charge on any atom is -0.459 e. The van der Waals surface area contributed by atoms with Crippen molar-refractivity contribution >= 4 is 11.9 Å². The molecule has 0 unspecified atom stereocenters. The van der Waals surface area contributed by atoms with E-state index in [0.29, 0.717) is 0 Å². The Hall–Kier alpha value is -2.10. The van der Waals surface area contributed by atoms with Crippen LogP contribution in [-0.2, 0) is 9.53 Å². The lowest BCUT2D eigenvalue weighted by Gasteiger charge is -2.22. The van der Waals surface area contributed by atoms with Gasteiger partial charge in [0.25, 0.3) is 0 Å². The Balaban J connectivity index is 2.09. The fourth-order valence-corrected chi connectivity index (χ4v) is 2.31. The van der Waals surface area contributed by atoms with E-state index in [1.807, 2.05) is 0 Å². The predicted molar refractivity (Wildman–Crippen MR) is 79.2 cm³/mol. The molecule has 0 aliphatic heterocycles. The zero-order chi connectivity index (χ0) is 15.2. The fourth-order valence-electron chi connectivity index (χ4n) is 2.31. The van der Waals surface area contributed by atoms with Gasteiger partial charge in [0, 0.05) is 5.57 Å². The van der Waals surface area contributed by atoms with Crippen molar-refractivity contribution in [3.8, 4) is 5.75 Å². The van der Waals surface area contributed by atoms with Crippen molar-refractivity contribution in [1.29, 1.82) is 0 Å². The lowest BCUT2D eigenvalue weighted by atomic mass is 9.98. The van der Waals surface area contributed by atoms with E-state index >= 15 is 0 Å². The molecule has 0 spiro atoms. The third-order valence-electron chi connectivity index (χ3n) is 3.48. The Kier molecular flexibility index (Phi) is 5.14. The number of benzene rings is 1. The van der Waals surface area contributed by atoms with E-state index in [2.05, 4.69) is 6.58 Å². The fraction of sp³-hybridized carbons (Fsp3) is 0.412. The standard InChI is InChI=1S/C17H20O4/c1-12(2)16(18)21-15-11-7-6-10-14(15)17(19)20-13-8-4-3-5-9-13/h6-7,10-11,13H,1,3-5,8-9H2,2H3. The van der Waals surface area contributed by atoms with Crippen LogP contribution in [-0.4, -0.2) is 18.0 Å². The van der Waals surface area contributed by atoms with Crippen molar-refractivity contribution in [1.82, 2.24) is 0 Å². The number of carbonyl (C=O) groups excluding carboxylic acids is 2. The van der Waals surface area contributed by atoms with Crippen LogP contribution >= 0.6 is 0 Å². The van der Waals surface area contributed by atoms with E-state index in [-0.39, 0.29) is 23.0 Å². The minimum absolute atomic E-state index is 0.0313. The van der Waals surface area contributed by atoms with Crippen molar-refractivity contribution in [3.63, 3.8) is 0 Å². The molecule has 0 heterocycles. The molecule has 4 nitrogen and oxygen atoms in total. The van der Waals surface area contributed by atoms with Crippen LogP contribution in [0, 0.1) is 0 Å². The molecule has 1 saturated carbocycles. The SMILES string of the molecule is C=C(C)C(=O)Oc1ccccc1C(=O)OC1CCCCC1. The maximum atomic E-state index is 12.2. The van der Waals surface area contributed by atoms with Crippen molar-refractivity contribution in [2.45, 2.75) is 45.1 Å². The quantitative estimate of drug-likeness (QED) is 0.482. The van der Waals surface area contributed by atoms with Gasteiger partial charge >= 0.3 is 11.9 Å². The third kappa shape index (κ3) is 4.18. The summed E-state index contributed by atoms with van der Waals surface area (Å²) in [7, 11) is 0. The molecule has 112 valence electrons. The van der Waals surface area contributed by atoms with Crippen LogP contribution in [0.2, 0.25) is 0 Å². The molecule has 4 heteroatoms. The highest BCUT2D eigenvalue weighted by molar-refractivity contribution is 5.95. The van der Waals surface area contributed by atoms with Crippen LogP contribution < -0.4 is 4.74 Å². The largest absolute Gasteiger partial charge is 0.459 e. The average molecular weight is 288 g/mol. The van der Waals surface area contributed by atoms with Gasteiger partial charge in [-0.15, -0.1) is 0 Å². The first-order valence-corrected chi connectivity index (χ1v) is 7.25. The number of rotatable bonds is 4. The molecule has 0 amide bonds. The number of carbonyl (C=O) groups is 2. The summed E-state index contributed by atoms with van der Waals surface area (Å²) in [4.78, 5) is 23.9. The van der Waals surface area contributed by atoms with Gasteiger partial charge in [0.05, 0.1) is 0 Å². The van der Waals surface area contributed by atoms with E-state index in [4.69, 9.17) is 9.47 Å². The average Bonchev–Trinajstić information content (AvgIpc) is 2.48. The number of esters is 2. The van der Waals surface area contributed by atoms with E-state index in [9.17, 15) is 9.59 Å². The smallest absolute Gasteiger partial charge is 0.342 e. The first-order chi connectivity index (χ1) is 10.1. The minimum atomic E-state index is -0.548. The molecule has 0 atom stereocenters. The number of hydrogen-bond acceptors (Lipinski definition) is 4. The summed E-state index contributed by atoms with van der Waals surface area (Å²) >= 11 is 0. The van der Waals surface area contributed by atoms with E-state index in [1.165, 1.54) is 6.42 Å². The van der Waals surface area contributed by atoms with Gasteiger partial charge in [-0.3, -0.25) is 0 Å². The maximum absolute atomic E-state index is 12.2. The second-order valence-corrected chi connectivity index (χ2v) is 5.33. The second-order valence-electron chi connectivity index (χ2n) is 5.33. The highest BCUT2D eigenvalue weighted by Gasteiger charge is 2.22. The molecule has 0 radical (unpaired) electrons. The van der Waals surface area contributed by atoms with Crippen LogP contribution in [0.25, 0.3) is 0 Å². The van der Waals surface area contributed by atoms with Gasteiger partial charge in [-0.1, -0.05) is 25.1 Å². The highest BCUT2D eigenvalue weighted by atomic mass is 16.6. The van der Waals surface area contributed by atoms with Gasteiger partial charge in [-0.2, -0.15) is 0 Å². The molecule has 2 rings (SSSR count). The third-order valence-corrected chi connectivity index (χ3v) is 3.48. The number of para-hydroxylation sites is 1. The monoisotopic (exact) mass is 288 g/mol. The summed E-state index contributed by atoms with van der Waals surface area (Å²) in [6.07, 6.45) is 5.14. The number of ether oxygens (including phenoxy) is 2. The molecule has 1 aliphatic carbocycles. The highest BCUT2D eigenvalue weighted by Crippen LogP contribution is 2.24. The molecule has 0 aromatic heterocycles. The van der Waals surface area contributed by atoms with Crippen molar-refractivity contribution in [2.75, 3.05) is 0 Å². The Labute approximate surface area is 124 Å². The van der Waals surface area contributed by atoms with Gasteiger partial charge in [-0.05, 0) is 44.7 Å². The molecule has 1 aliphatic rings. The first-order valence-electron chi connectivity index (χ1n) is 7.25. The molecule has 0 saturated heterocycles. The molecule has 21 heavy (non-hydrogen) atoms. The lowest BCUT2D eigenvalue weighted by Crippen LogP contribution is -2.21. The summed E-state index contributed by atoms with van der Waals surface area (Å²) in [6, 6.07) is 6.61. The van der Waals surface area contributed by atoms with Crippen LogP contribution in [0.3, 0.4) is 0 Å². The van der Waals surface area contributed by atoms with E-state index in [0.717, 1.165) is 25.7 Å². The van der Waals surface area contributed by atoms with E-state index < -0.39 is 11.9 Å². The Morgan fingerprint density at radius 2 is 1.81 bits per heavy atom. The van der Waals surface area contributed by atoms with Crippen molar-refractivity contribution in [3.05, 3.63) is 42.0 Å². The van der Waals surface area contributed by atoms with Crippen LogP contribution in [0.5, 0.6) is 5.75 Å². The Morgan fingerprint density at radius 3 is 2.48 bits per heavy atom. The van der Waals surface area contributed by atoms with E-state index in [1.54, 1.807) is 31.2 Å². The topological polar surface area (TPSA) is 52.6 Å². The molecular formula is C17H20O4. The Morgan fingerprint density at radius 1 is 1.14 bits per heavy atom.